The summed E-state index contributed by atoms with van der Waals surface area (Å²) in [4.78, 5) is 20.0. The molecule has 2 rings (SSSR count). The fourth-order valence-electron chi connectivity index (χ4n) is 1.59. The summed E-state index contributed by atoms with van der Waals surface area (Å²) in [6.45, 7) is 0.991. The van der Waals surface area contributed by atoms with Crippen molar-refractivity contribution < 1.29 is 9.53 Å². The minimum atomic E-state index is -0.115. The van der Waals surface area contributed by atoms with Gasteiger partial charge >= 0.3 is 0 Å². The first-order valence-electron chi connectivity index (χ1n) is 6.33. The molecule has 1 aromatic carbocycles. The monoisotopic (exact) mass is 350 g/mol. The molecule has 0 atom stereocenters. The van der Waals surface area contributed by atoms with E-state index in [-0.39, 0.29) is 5.91 Å². The van der Waals surface area contributed by atoms with Crippen LogP contribution in [-0.4, -0.2) is 36.1 Å². The van der Waals surface area contributed by atoms with Crippen LogP contribution in [-0.2, 0) is 0 Å². The Hall–Kier alpha value is -2.15. The second kappa shape index (κ2) is 7.58. The average molecular weight is 351 g/mol. The number of halogens is 1. The van der Waals surface area contributed by atoms with Crippen molar-refractivity contribution in [1.82, 2.24) is 15.3 Å². The lowest BCUT2D eigenvalue weighted by Crippen LogP contribution is -2.29. The fourth-order valence-corrected chi connectivity index (χ4v) is 1.86. The quantitative estimate of drug-likeness (QED) is 0.780. The molecule has 0 bridgehead atoms. The van der Waals surface area contributed by atoms with Crippen LogP contribution in [0.2, 0.25) is 0 Å². The molecule has 6 nitrogen and oxygen atoms in total. The number of methoxy groups -OCH3 is 1. The second-order valence-corrected chi connectivity index (χ2v) is 5.03. The largest absolute Gasteiger partial charge is 0.481 e. The van der Waals surface area contributed by atoms with Crippen LogP contribution in [0.1, 0.15) is 10.4 Å². The molecule has 0 spiro atoms. The number of amides is 1. The topological polar surface area (TPSA) is 76.1 Å². The first kappa shape index (κ1) is 15.2. The van der Waals surface area contributed by atoms with Crippen molar-refractivity contribution in [3.8, 4) is 5.88 Å². The summed E-state index contributed by atoms with van der Waals surface area (Å²) in [6, 6.07) is 8.85. The smallest absolute Gasteiger partial charge is 0.251 e. The van der Waals surface area contributed by atoms with Crippen molar-refractivity contribution in [2.45, 2.75) is 0 Å². The first-order chi connectivity index (χ1) is 10.2. The van der Waals surface area contributed by atoms with Gasteiger partial charge in [-0.1, -0.05) is 15.9 Å². The molecule has 0 aliphatic heterocycles. The molecule has 0 saturated carbocycles. The average Bonchev–Trinajstić information content (AvgIpc) is 2.52. The third kappa shape index (κ3) is 4.71. The minimum Gasteiger partial charge on any atom is -0.481 e. The molecule has 0 saturated heterocycles. The van der Waals surface area contributed by atoms with Crippen molar-refractivity contribution >= 4 is 27.8 Å². The molecular formula is C14H15BrN4O2. The summed E-state index contributed by atoms with van der Waals surface area (Å²) >= 11 is 3.33. The van der Waals surface area contributed by atoms with Gasteiger partial charge in [-0.15, -0.1) is 0 Å². The van der Waals surface area contributed by atoms with Gasteiger partial charge in [-0.3, -0.25) is 4.79 Å². The van der Waals surface area contributed by atoms with Crippen LogP contribution in [0, 0.1) is 0 Å². The van der Waals surface area contributed by atoms with E-state index in [1.165, 1.54) is 0 Å². The first-order valence-corrected chi connectivity index (χ1v) is 7.13. The zero-order chi connectivity index (χ0) is 15.1. The number of nitrogens with zero attached hydrogens (tertiary/aromatic N) is 2. The molecule has 110 valence electrons. The van der Waals surface area contributed by atoms with E-state index in [4.69, 9.17) is 4.74 Å². The highest BCUT2D eigenvalue weighted by Crippen LogP contribution is 2.10. The summed E-state index contributed by atoms with van der Waals surface area (Å²) in [5.74, 6) is 0.842. The Morgan fingerprint density at radius 3 is 2.71 bits per heavy atom. The molecule has 2 aromatic rings. The number of anilines is 1. The molecule has 0 fully saturated rings. The van der Waals surface area contributed by atoms with E-state index in [1.807, 2.05) is 12.1 Å². The Morgan fingerprint density at radius 1 is 1.24 bits per heavy atom. The van der Waals surface area contributed by atoms with Crippen LogP contribution in [0.5, 0.6) is 5.88 Å². The van der Waals surface area contributed by atoms with E-state index in [2.05, 4.69) is 36.5 Å². The van der Waals surface area contributed by atoms with Crippen LogP contribution >= 0.6 is 15.9 Å². The zero-order valence-electron chi connectivity index (χ0n) is 11.5. The lowest BCUT2D eigenvalue weighted by Gasteiger charge is -2.07. The van der Waals surface area contributed by atoms with Gasteiger partial charge in [0, 0.05) is 35.4 Å². The van der Waals surface area contributed by atoms with Gasteiger partial charge in [0.25, 0.3) is 5.91 Å². The zero-order valence-corrected chi connectivity index (χ0v) is 13.1. The van der Waals surface area contributed by atoms with Crippen molar-refractivity contribution in [2.24, 2.45) is 0 Å². The number of rotatable bonds is 6. The van der Waals surface area contributed by atoms with E-state index in [1.54, 1.807) is 31.5 Å². The summed E-state index contributed by atoms with van der Waals surface area (Å²) in [5, 5.41) is 5.82. The van der Waals surface area contributed by atoms with Crippen LogP contribution < -0.4 is 15.4 Å². The molecule has 0 radical (unpaired) electrons. The summed E-state index contributed by atoms with van der Waals surface area (Å²) in [6.07, 6.45) is 1.61. The summed E-state index contributed by atoms with van der Waals surface area (Å²) < 4.78 is 5.94. The van der Waals surface area contributed by atoms with Crippen LogP contribution in [0.15, 0.2) is 41.0 Å². The van der Waals surface area contributed by atoms with Gasteiger partial charge < -0.3 is 15.4 Å². The van der Waals surface area contributed by atoms with E-state index in [0.29, 0.717) is 30.5 Å². The van der Waals surface area contributed by atoms with Gasteiger partial charge in [-0.2, -0.15) is 4.98 Å². The molecule has 1 aromatic heterocycles. The molecule has 0 aliphatic carbocycles. The molecule has 0 aliphatic rings. The highest BCUT2D eigenvalue weighted by molar-refractivity contribution is 9.10. The number of ether oxygens (including phenoxy) is 1. The third-order valence-corrected chi connectivity index (χ3v) is 3.17. The van der Waals surface area contributed by atoms with Gasteiger partial charge in [-0.25, -0.2) is 4.98 Å². The third-order valence-electron chi connectivity index (χ3n) is 2.64. The second-order valence-electron chi connectivity index (χ2n) is 4.11. The van der Waals surface area contributed by atoms with E-state index < -0.39 is 0 Å². The van der Waals surface area contributed by atoms with Crippen molar-refractivity contribution in [1.29, 1.82) is 0 Å². The Bertz CT molecular complexity index is 604. The SMILES string of the molecule is COc1ccnc(NCCNC(=O)c2ccc(Br)cc2)n1. The molecule has 21 heavy (non-hydrogen) atoms. The lowest BCUT2D eigenvalue weighted by molar-refractivity contribution is 0.0955. The van der Waals surface area contributed by atoms with Gasteiger partial charge in [0.15, 0.2) is 0 Å². The molecule has 2 N–H and O–H groups in total. The predicted molar refractivity (Wildman–Crippen MR) is 83.5 cm³/mol. The number of hydrogen-bond donors (Lipinski definition) is 2. The Labute approximate surface area is 131 Å². The highest BCUT2D eigenvalue weighted by atomic mass is 79.9. The van der Waals surface area contributed by atoms with Crippen LogP contribution in [0.3, 0.4) is 0 Å². The highest BCUT2D eigenvalue weighted by Gasteiger charge is 2.04. The number of carbonyl (C=O) groups is 1. The number of hydrogen-bond acceptors (Lipinski definition) is 5. The molecule has 1 heterocycles. The Morgan fingerprint density at radius 2 is 2.00 bits per heavy atom. The standard InChI is InChI=1S/C14H15BrN4O2/c1-21-12-6-7-17-14(19-12)18-9-8-16-13(20)10-2-4-11(15)5-3-10/h2-7H,8-9H2,1H3,(H,16,20)(H,17,18,19). The Kier molecular flexibility index (Phi) is 5.51. The molecule has 0 unspecified atom stereocenters. The minimum absolute atomic E-state index is 0.115. The number of nitrogens with one attached hydrogen (secondary N) is 2. The van der Waals surface area contributed by atoms with Crippen molar-refractivity contribution in [2.75, 3.05) is 25.5 Å². The lowest BCUT2D eigenvalue weighted by atomic mass is 10.2. The van der Waals surface area contributed by atoms with E-state index in [0.717, 1.165) is 4.47 Å². The van der Waals surface area contributed by atoms with Crippen molar-refractivity contribution in [3.05, 3.63) is 46.6 Å². The predicted octanol–water partition coefficient (Wildman–Crippen LogP) is 2.09. The Balaban J connectivity index is 1.76. The number of aromatic nitrogens is 2. The van der Waals surface area contributed by atoms with Gasteiger partial charge in [0.05, 0.1) is 7.11 Å². The van der Waals surface area contributed by atoms with Crippen LogP contribution in [0.25, 0.3) is 0 Å². The summed E-state index contributed by atoms with van der Waals surface area (Å²) in [5.41, 5.74) is 0.621. The molecule has 7 heteroatoms. The normalized spacial score (nSPS) is 10.0. The maximum absolute atomic E-state index is 11.9. The number of carbonyl (C=O) groups excluding carboxylic acids is 1. The van der Waals surface area contributed by atoms with E-state index in [9.17, 15) is 4.79 Å². The maximum Gasteiger partial charge on any atom is 0.251 e. The van der Waals surface area contributed by atoms with Crippen molar-refractivity contribution in [3.63, 3.8) is 0 Å². The van der Waals surface area contributed by atoms with Gasteiger partial charge in [0.2, 0.25) is 11.8 Å². The summed E-state index contributed by atoms with van der Waals surface area (Å²) in [7, 11) is 1.55. The van der Waals surface area contributed by atoms with Crippen LogP contribution in [0.4, 0.5) is 5.95 Å². The van der Waals surface area contributed by atoms with Gasteiger partial charge in [0.1, 0.15) is 0 Å². The molecular weight excluding hydrogens is 336 g/mol. The number of benzene rings is 1. The molecule has 1 amide bonds. The maximum atomic E-state index is 11.9. The fraction of sp³-hybridized carbons (Fsp3) is 0.214. The van der Waals surface area contributed by atoms with Gasteiger partial charge in [-0.05, 0) is 24.3 Å². The van der Waals surface area contributed by atoms with E-state index >= 15 is 0 Å².